The molecule has 0 atom stereocenters. The van der Waals surface area contributed by atoms with E-state index in [0.717, 1.165) is 33.5 Å². The topological polar surface area (TPSA) is 81.9 Å². The van der Waals surface area contributed by atoms with Crippen LogP contribution in [0.15, 0.2) is 73.2 Å². The third kappa shape index (κ3) is 3.46. The summed E-state index contributed by atoms with van der Waals surface area (Å²) in [6.45, 7) is 1.82. The van der Waals surface area contributed by atoms with Crippen molar-refractivity contribution in [2.24, 2.45) is 0 Å². The lowest BCUT2D eigenvalue weighted by Gasteiger charge is -2.10. The highest BCUT2D eigenvalue weighted by atomic mass is 16.5. The van der Waals surface area contributed by atoms with Crippen molar-refractivity contribution in [3.05, 3.63) is 84.4 Å². The number of nitrogens with one attached hydrogen (secondary N) is 1. The Morgan fingerprint density at radius 1 is 1.00 bits per heavy atom. The summed E-state index contributed by atoms with van der Waals surface area (Å²) in [5.74, 6) is 1.22. The van der Waals surface area contributed by atoms with Crippen molar-refractivity contribution in [2.45, 2.75) is 6.92 Å². The van der Waals surface area contributed by atoms with E-state index in [1.165, 1.54) is 0 Å². The fourth-order valence-electron chi connectivity index (χ4n) is 3.54. The van der Waals surface area contributed by atoms with Gasteiger partial charge in [0.05, 0.1) is 46.8 Å². The van der Waals surface area contributed by atoms with Gasteiger partial charge in [0.25, 0.3) is 5.91 Å². The lowest BCUT2D eigenvalue weighted by atomic mass is 10.1. The van der Waals surface area contributed by atoms with Crippen LogP contribution in [0.4, 0.5) is 5.69 Å². The minimum absolute atomic E-state index is 0.231. The maximum absolute atomic E-state index is 12.9. The van der Waals surface area contributed by atoms with Crippen molar-refractivity contribution >= 4 is 33.5 Å². The van der Waals surface area contributed by atoms with Crippen molar-refractivity contribution in [1.29, 1.82) is 0 Å². The molecule has 0 aliphatic carbocycles. The fraction of sp³-hybridized carbons (Fsp3) is 0.0833. The molecule has 2 aromatic carbocycles. The average molecular weight is 409 g/mol. The minimum Gasteiger partial charge on any atom is -0.497 e. The molecule has 0 bridgehead atoms. The molecule has 3 heterocycles. The lowest BCUT2D eigenvalue weighted by Crippen LogP contribution is -2.14. The van der Waals surface area contributed by atoms with Crippen molar-refractivity contribution in [3.63, 3.8) is 0 Å². The molecule has 31 heavy (non-hydrogen) atoms. The van der Waals surface area contributed by atoms with Gasteiger partial charge >= 0.3 is 0 Å². The predicted molar refractivity (Wildman–Crippen MR) is 120 cm³/mol. The zero-order chi connectivity index (χ0) is 21.4. The standard InChI is InChI=1S/C24H19N5O2/c1-15-19(11-16-7-9-18(31-2)12-21(16)27-15)24(30)28-17-8-10-23(25-13-17)29-14-26-20-5-3-4-6-22(20)29/h3-14H,1-2H3,(H,28,30). The molecule has 0 aliphatic rings. The number of amides is 1. The zero-order valence-corrected chi connectivity index (χ0v) is 17.0. The van der Waals surface area contributed by atoms with Crippen LogP contribution in [-0.2, 0) is 0 Å². The Balaban J connectivity index is 1.40. The first kappa shape index (κ1) is 18.7. The summed E-state index contributed by atoms with van der Waals surface area (Å²) >= 11 is 0. The van der Waals surface area contributed by atoms with Crippen molar-refractivity contribution < 1.29 is 9.53 Å². The first-order valence-corrected chi connectivity index (χ1v) is 9.77. The van der Waals surface area contributed by atoms with Gasteiger partial charge in [0.2, 0.25) is 0 Å². The van der Waals surface area contributed by atoms with E-state index in [9.17, 15) is 4.79 Å². The number of anilines is 1. The van der Waals surface area contributed by atoms with E-state index < -0.39 is 0 Å². The van der Waals surface area contributed by atoms with Crippen LogP contribution in [0.1, 0.15) is 16.1 Å². The number of hydrogen-bond acceptors (Lipinski definition) is 5. The number of pyridine rings is 2. The summed E-state index contributed by atoms with van der Waals surface area (Å²) in [7, 11) is 1.62. The highest BCUT2D eigenvalue weighted by Gasteiger charge is 2.13. The number of rotatable bonds is 4. The Morgan fingerprint density at radius 2 is 1.87 bits per heavy atom. The number of methoxy groups -OCH3 is 1. The highest BCUT2D eigenvalue weighted by Crippen LogP contribution is 2.23. The van der Waals surface area contributed by atoms with Crippen molar-refractivity contribution in [2.75, 3.05) is 12.4 Å². The molecule has 7 nitrogen and oxygen atoms in total. The van der Waals surface area contributed by atoms with Crippen LogP contribution in [0.3, 0.4) is 0 Å². The number of aryl methyl sites for hydroxylation is 1. The molecule has 0 aliphatic heterocycles. The van der Waals surface area contributed by atoms with Gasteiger partial charge in [-0.25, -0.2) is 9.97 Å². The van der Waals surface area contributed by atoms with Gasteiger partial charge in [-0.2, -0.15) is 0 Å². The molecule has 0 radical (unpaired) electrons. The number of ether oxygens (including phenoxy) is 1. The van der Waals surface area contributed by atoms with Crippen molar-refractivity contribution in [3.8, 4) is 11.6 Å². The Morgan fingerprint density at radius 3 is 2.68 bits per heavy atom. The smallest absolute Gasteiger partial charge is 0.257 e. The first-order valence-electron chi connectivity index (χ1n) is 9.77. The third-order valence-corrected chi connectivity index (χ3v) is 5.17. The second-order valence-corrected chi connectivity index (χ2v) is 7.14. The molecule has 1 amide bonds. The maximum Gasteiger partial charge on any atom is 0.257 e. The van der Waals surface area contributed by atoms with Gasteiger partial charge in [-0.15, -0.1) is 0 Å². The van der Waals surface area contributed by atoms with Gasteiger partial charge < -0.3 is 10.1 Å². The quantitative estimate of drug-likeness (QED) is 0.471. The molecule has 0 fully saturated rings. The van der Waals surface area contributed by atoms with E-state index in [0.29, 0.717) is 16.9 Å². The van der Waals surface area contributed by atoms with Gasteiger partial charge in [-0.05, 0) is 49.4 Å². The van der Waals surface area contributed by atoms with E-state index in [1.54, 1.807) is 19.6 Å². The van der Waals surface area contributed by atoms with Gasteiger partial charge in [-0.1, -0.05) is 12.1 Å². The molecule has 7 heteroatoms. The number of hydrogen-bond donors (Lipinski definition) is 1. The second-order valence-electron chi connectivity index (χ2n) is 7.14. The van der Waals surface area contributed by atoms with Crippen LogP contribution in [0.2, 0.25) is 0 Å². The minimum atomic E-state index is -0.231. The molecule has 0 unspecified atom stereocenters. The molecule has 1 N–H and O–H groups in total. The van der Waals surface area contributed by atoms with Gasteiger partial charge in [-0.3, -0.25) is 14.3 Å². The van der Waals surface area contributed by atoms with Crippen LogP contribution >= 0.6 is 0 Å². The van der Waals surface area contributed by atoms with Crippen LogP contribution < -0.4 is 10.1 Å². The van der Waals surface area contributed by atoms with E-state index in [4.69, 9.17) is 4.74 Å². The van der Waals surface area contributed by atoms with Crippen LogP contribution in [0, 0.1) is 6.92 Å². The van der Waals surface area contributed by atoms with Gasteiger partial charge in [0, 0.05) is 11.5 Å². The molecular weight excluding hydrogens is 390 g/mol. The molecule has 0 spiro atoms. The molecule has 3 aromatic heterocycles. The number of aromatic nitrogens is 4. The molecule has 5 rings (SSSR count). The monoisotopic (exact) mass is 409 g/mol. The fourth-order valence-corrected chi connectivity index (χ4v) is 3.54. The van der Waals surface area contributed by atoms with Gasteiger partial charge in [0.15, 0.2) is 0 Å². The summed E-state index contributed by atoms with van der Waals surface area (Å²) in [6.07, 6.45) is 3.38. The Labute approximate surface area is 178 Å². The SMILES string of the molecule is COc1ccc2cc(C(=O)Nc3ccc(-n4cnc5ccccc54)nc3)c(C)nc2c1. The number of nitrogens with zero attached hydrogens (tertiary/aromatic N) is 4. The van der Waals surface area contributed by atoms with Crippen LogP contribution in [0.25, 0.3) is 27.8 Å². The third-order valence-electron chi connectivity index (χ3n) is 5.17. The predicted octanol–water partition coefficient (Wildman–Crippen LogP) is 4.54. The summed E-state index contributed by atoms with van der Waals surface area (Å²) in [5, 5.41) is 3.78. The summed E-state index contributed by atoms with van der Waals surface area (Å²) in [6, 6.07) is 19.0. The van der Waals surface area contributed by atoms with Gasteiger partial charge in [0.1, 0.15) is 17.9 Å². The molecular formula is C24H19N5O2. The zero-order valence-electron chi connectivity index (χ0n) is 17.0. The summed E-state index contributed by atoms with van der Waals surface area (Å²) in [4.78, 5) is 26.3. The molecule has 0 saturated heterocycles. The first-order chi connectivity index (χ1) is 15.1. The molecule has 5 aromatic rings. The van der Waals surface area contributed by atoms with E-state index in [-0.39, 0.29) is 5.91 Å². The van der Waals surface area contributed by atoms with Crippen LogP contribution in [0.5, 0.6) is 5.75 Å². The number of carbonyl (C=O) groups excluding carboxylic acids is 1. The number of carbonyl (C=O) groups is 1. The Bertz CT molecular complexity index is 1420. The summed E-state index contributed by atoms with van der Waals surface area (Å²) in [5.41, 5.74) is 4.43. The molecule has 152 valence electrons. The normalized spacial score (nSPS) is 11.0. The largest absolute Gasteiger partial charge is 0.497 e. The maximum atomic E-state index is 12.9. The lowest BCUT2D eigenvalue weighted by molar-refractivity contribution is 0.102. The highest BCUT2D eigenvalue weighted by molar-refractivity contribution is 6.06. The van der Waals surface area contributed by atoms with E-state index in [1.807, 2.05) is 72.2 Å². The second kappa shape index (κ2) is 7.53. The number of fused-ring (bicyclic) bond motifs is 2. The Hall–Kier alpha value is -4.26. The number of para-hydroxylation sites is 2. The summed E-state index contributed by atoms with van der Waals surface area (Å²) < 4.78 is 7.16. The molecule has 0 saturated carbocycles. The van der Waals surface area contributed by atoms with Crippen LogP contribution in [-0.4, -0.2) is 32.5 Å². The number of benzene rings is 2. The number of imidazole rings is 1. The van der Waals surface area contributed by atoms with E-state index >= 15 is 0 Å². The van der Waals surface area contributed by atoms with Crippen molar-refractivity contribution in [1.82, 2.24) is 19.5 Å². The average Bonchev–Trinajstić information content (AvgIpc) is 3.23. The van der Waals surface area contributed by atoms with E-state index in [2.05, 4.69) is 20.3 Å². The Kier molecular flexibility index (Phi) is 4.55.